The molecule has 1 fully saturated rings. The number of hydrogen-bond donors (Lipinski definition) is 0. The number of carbonyl (C=O) groups is 2. The van der Waals surface area contributed by atoms with Crippen molar-refractivity contribution in [2.75, 3.05) is 18.0 Å². The molecule has 8 heteroatoms. The fourth-order valence-corrected chi connectivity index (χ4v) is 5.73. The summed E-state index contributed by atoms with van der Waals surface area (Å²) in [6.07, 6.45) is 6.36. The molecule has 0 saturated carbocycles. The summed E-state index contributed by atoms with van der Waals surface area (Å²) in [5.41, 5.74) is 4.05. The Morgan fingerprint density at radius 3 is 2.51 bits per heavy atom. The topological polar surface area (TPSA) is 82.5 Å². The summed E-state index contributed by atoms with van der Waals surface area (Å²) in [5, 5.41) is 0. The van der Waals surface area contributed by atoms with Gasteiger partial charge in [-0.3, -0.25) is 19.5 Å². The van der Waals surface area contributed by atoms with E-state index in [1.165, 1.54) is 0 Å². The minimum Gasteiger partial charge on any atom is -0.333 e. The van der Waals surface area contributed by atoms with Gasteiger partial charge in [0, 0.05) is 63.3 Å². The Balaban J connectivity index is 1.55. The zero-order valence-electron chi connectivity index (χ0n) is 21.8. The summed E-state index contributed by atoms with van der Waals surface area (Å²) in [4.78, 5) is 46.4. The maximum atomic E-state index is 14.0. The van der Waals surface area contributed by atoms with E-state index in [2.05, 4.69) is 25.9 Å². The molecule has 5 rings (SSSR count). The van der Waals surface area contributed by atoms with Crippen LogP contribution in [0.2, 0.25) is 0 Å². The highest BCUT2D eigenvalue weighted by atomic mass is 16.2. The standard InChI is InChI=1S/C29H34N6O2/c1-20-27(16-31-21(2)32-20)29(37)33-17-23-8-4-5-10-28(23)34(22(3)36)15-13-25-11-12-26(19-33)35(25)18-24-9-6-7-14-30-24/h4-10,14,16,25-26H,11-13,15,17-19H2,1-3H3/t25-,26+/m0/s1. The van der Waals surface area contributed by atoms with Crippen molar-refractivity contribution in [1.82, 2.24) is 24.8 Å². The number of benzene rings is 1. The lowest BCUT2D eigenvalue weighted by Crippen LogP contribution is -2.45. The molecule has 2 bridgehead atoms. The molecule has 37 heavy (non-hydrogen) atoms. The van der Waals surface area contributed by atoms with Crippen molar-refractivity contribution in [3.63, 3.8) is 0 Å². The van der Waals surface area contributed by atoms with Crippen LogP contribution in [-0.4, -0.2) is 61.7 Å². The molecule has 0 N–H and O–H groups in total. The normalized spacial score (nSPS) is 20.3. The summed E-state index contributed by atoms with van der Waals surface area (Å²) in [5.74, 6) is 0.578. The maximum Gasteiger partial charge on any atom is 0.257 e. The Bertz CT molecular complexity index is 1280. The van der Waals surface area contributed by atoms with E-state index in [0.717, 1.165) is 42.8 Å². The van der Waals surface area contributed by atoms with Crippen molar-refractivity contribution in [2.45, 2.75) is 65.2 Å². The third kappa shape index (κ3) is 5.39. The van der Waals surface area contributed by atoms with Gasteiger partial charge in [0.15, 0.2) is 0 Å². The Hall–Kier alpha value is -3.65. The van der Waals surface area contributed by atoms with Gasteiger partial charge < -0.3 is 9.80 Å². The van der Waals surface area contributed by atoms with Crippen molar-refractivity contribution in [3.05, 3.63) is 83.2 Å². The van der Waals surface area contributed by atoms with E-state index < -0.39 is 0 Å². The second-order valence-electron chi connectivity index (χ2n) is 10.1. The van der Waals surface area contributed by atoms with Crippen LogP contribution in [0.15, 0.2) is 54.9 Å². The molecule has 4 heterocycles. The Morgan fingerprint density at radius 2 is 1.76 bits per heavy atom. The van der Waals surface area contributed by atoms with E-state index >= 15 is 0 Å². The van der Waals surface area contributed by atoms with E-state index in [9.17, 15) is 9.59 Å². The van der Waals surface area contributed by atoms with Crippen molar-refractivity contribution < 1.29 is 9.59 Å². The molecule has 2 aliphatic rings. The molecule has 1 aromatic carbocycles. The summed E-state index contributed by atoms with van der Waals surface area (Å²) >= 11 is 0. The van der Waals surface area contributed by atoms with Crippen LogP contribution in [0, 0.1) is 13.8 Å². The number of carbonyl (C=O) groups excluding carboxylic acids is 2. The van der Waals surface area contributed by atoms with Gasteiger partial charge in [-0.05, 0) is 56.9 Å². The van der Waals surface area contributed by atoms with Gasteiger partial charge in [-0.2, -0.15) is 0 Å². The van der Waals surface area contributed by atoms with Gasteiger partial charge in [0.2, 0.25) is 5.91 Å². The predicted molar refractivity (Wildman–Crippen MR) is 142 cm³/mol. The highest BCUT2D eigenvalue weighted by Gasteiger charge is 2.37. The molecule has 3 aromatic rings. The fourth-order valence-electron chi connectivity index (χ4n) is 5.73. The molecular weight excluding hydrogens is 464 g/mol. The second-order valence-corrected chi connectivity index (χ2v) is 10.1. The van der Waals surface area contributed by atoms with Gasteiger partial charge in [-0.15, -0.1) is 0 Å². The largest absolute Gasteiger partial charge is 0.333 e. The zero-order valence-corrected chi connectivity index (χ0v) is 21.8. The SMILES string of the molecule is CC(=O)N1CC[C@@H]2CC[C@H](CN(C(=O)c3cnc(C)nc3C)Cc3ccccc31)N2Cc1ccccn1. The average molecular weight is 499 g/mol. The van der Waals surface area contributed by atoms with Crippen LogP contribution >= 0.6 is 0 Å². The van der Waals surface area contributed by atoms with Gasteiger partial charge in [-0.25, -0.2) is 9.97 Å². The van der Waals surface area contributed by atoms with E-state index in [1.807, 2.05) is 66.2 Å². The Morgan fingerprint density at radius 1 is 0.973 bits per heavy atom. The molecule has 2 aliphatic heterocycles. The number of aromatic nitrogens is 3. The highest BCUT2D eigenvalue weighted by molar-refractivity contribution is 5.95. The van der Waals surface area contributed by atoms with E-state index in [1.54, 1.807) is 13.1 Å². The number of nitrogens with zero attached hydrogens (tertiary/aromatic N) is 6. The quantitative estimate of drug-likeness (QED) is 0.544. The number of rotatable bonds is 3. The third-order valence-corrected chi connectivity index (χ3v) is 7.60. The van der Waals surface area contributed by atoms with Crippen LogP contribution in [0.3, 0.4) is 0 Å². The molecule has 1 saturated heterocycles. The number of amides is 2. The monoisotopic (exact) mass is 498 g/mol. The lowest BCUT2D eigenvalue weighted by atomic mass is 10.1. The van der Waals surface area contributed by atoms with Crippen molar-refractivity contribution in [2.24, 2.45) is 0 Å². The van der Waals surface area contributed by atoms with Crippen LogP contribution in [0.25, 0.3) is 0 Å². The highest BCUT2D eigenvalue weighted by Crippen LogP contribution is 2.32. The van der Waals surface area contributed by atoms with Gasteiger partial charge in [-0.1, -0.05) is 24.3 Å². The van der Waals surface area contributed by atoms with Crippen LogP contribution in [0.4, 0.5) is 5.69 Å². The van der Waals surface area contributed by atoms with Gasteiger partial charge in [0.25, 0.3) is 5.91 Å². The molecule has 0 unspecified atom stereocenters. The van der Waals surface area contributed by atoms with E-state index in [-0.39, 0.29) is 17.9 Å². The van der Waals surface area contributed by atoms with Gasteiger partial charge in [0.1, 0.15) is 5.82 Å². The average Bonchev–Trinajstić information content (AvgIpc) is 3.24. The molecule has 2 amide bonds. The first-order valence-electron chi connectivity index (χ1n) is 13.0. The summed E-state index contributed by atoms with van der Waals surface area (Å²) in [7, 11) is 0. The van der Waals surface area contributed by atoms with E-state index in [0.29, 0.717) is 42.8 Å². The minimum absolute atomic E-state index is 0.0122. The second kappa shape index (κ2) is 10.8. The lowest BCUT2D eigenvalue weighted by molar-refractivity contribution is -0.116. The molecule has 192 valence electrons. The number of para-hydroxylation sites is 1. The first-order chi connectivity index (χ1) is 17.9. The Labute approximate surface area is 218 Å². The predicted octanol–water partition coefficient (Wildman–Crippen LogP) is 3.92. The summed E-state index contributed by atoms with van der Waals surface area (Å²) in [6.45, 7) is 7.66. The summed E-state index contributed by atoms with van der Waals surface area (Å²) < 4.78 is 0. The lowest BCUT2D eigenvalue weighted by Gasteiger charge is -2.33. The van der Waals surface area contributed by atoms with Crippen LogP contribution in [0.1, 0.15) is 59.3 Å². The molecule has 0 aliphatic carbocycles. The molecule has 2 atom stereocenters. The molecule has 2 aromatic heterocycles. The molecule has 0 spiro atoms. The maximum absolute atomic E-state index is 14.0. The van der Waals surface area contributed by atoms with Crippen LogP contribution < -0.4 is 4.90 Å². The fraction of sp³-hybridized carbons (Fsp3) is 0.414. The number of hydrogen-bond acceptors (Lipinski definition) is 6. The molecule has 8 nitrogen and oxygen atoms in total. The van der Waals surface area contributed by atoms with Crippen LogP contribution in [-0.2, 0) is 17.9 Å². The van der Waals surface area contributed by atoms with Crippen molar-refractivity contribution in [1.29, 1.82) is 0 Å². The molecule has 0 radical (unpaired) electrons. The zero-order chi connectivity index (χ0) is 25.9. The van der Waals surface area contributed by atoms with Crippen LogP contribution in [0.5, 0.6) is 0 Å². The first-order valence-corrected chi connectivity index (χ1v) is 13.0. The third-order valence-electron chi connectivity index (χ3n) is 7.60. The molecular formula is C29H34N6O2. The van der Waals surface area contributed by atoms with Crippen molar-refractivity contribution in [3.8, 4) is 0 Å². The first kappa shape index (κ1) is 25.0. The smallest absolute Gasteiger partial charge is 0.257 e. The number of fused-ring (bicyclic) bond motifs is 3. The number of pyridine rings is 1. The van der Waals surface area contributed by atoms with Gasteiger partial charge in [0.05, 0.1) is 17.0 Å². The Kier molecular flexibility index (Phi) is 7.28. The number of anilines is 1. The van der Waals surface area contributed by atoms with Gasteiger partial charge >= 0.3 is 0 Å². The van der Waals surface area contributed by atoms with Crippen molar-refractivity contribution >= 4 is 17.5 Å². The van der Waals surface area contributed by atoms with E-state index in [4.69, 9.17) is 0 Å². The number of aryl methyl sites for hydroxylation is 2. The summed E-state index contributed by atoms with van der Waals surface area (Å²) in [6, 6.07) is 14.4. The minimum atomic E-state index is -0.0813.